The number of pyridine rings is 1. The van der Waals surface area contributed by atoms with E-state index in [9.17, 15) is 14.3 Å². The second kappa shape index (κ2) is 4.12. The average Bonchev–Trinajstić information content (AvgIpc) is 2.16. The van der Waals surface area contributed by atoms with E-state index >= 15 is 0 Å². The van der Waals surface area contributed by atoms with Crippen molar-refractivity contribution < 1.29 is 19.4 Å². The van der Waals surface area contributed by atoms with E-state index in [1.807, 2.05) is 0 Å². The summed E-state index contributed by atoms with van der Waals surface area (Å²) in [6.07, 6.45) is -2.19. The van der Waals surface area contributed by atoms with E-state index in [1.54, 1.807) is 0 Å². The number of rotatable bonds is 3. The summed E-state index contributed by atoms with van der Waals surface area (Å²) >= 11 is 0. The van der Waals surface area contributed by atoms with Gasteiger partial charge in [0.05, 0.1) is 0 Å². The van der Waals surface area contributed by atoms with Crippen LogP contribution in [-0.2, 0) is 4.79 Å². The van der Waals surface area contributed by atoms with E-state index in [0.29, 0.717) is 0 Å². The molecule has 2 unspecified atom stereocenters. The smallest absolute Gasteiger partial charge is 0.249 e. The van der Waals surface area contributed by atoms with Crippen molar-refractivity contribution in [1.82, 2.24) is 4.98 Å². The first-order chi connectivity index (χ1) is 6.52. The number of hydrogen-bond donors (Lipinski definition) is 3. The number of aliphatic hydroxyl groups is 2. The molecule has 0 saturated heterocycles. The van der Waals surface area contributed by atoms with Gasteiger partial charge in [0.15, 0.2) is 6.10 Å². The van der Waals surface area contributed by atoms with Gasteiger partial charge in [-0.3, -0.25) is 4.79 Å². The molecule has 0 aliphatic rings. The van der Waals surface area contributed by atoms with Crippen molar-refractivity contribution >= 4 is 5.91 Å². The van der Waals surface area contributed by atoms with Crippen LogP contribution in [0.25, 0.3) is 0 Å². The van der Waals surface area contributed by atoms with Gasteiger partial charge in [-0.05, 0) is 6.07 Å². The number of hydrogen-bond acceptors (Lipinski definition) is 4. The first kappa shape index (κ1) is 10.6. The highest BCUT2D eigenvalue weighted by atomic mass is 19.1. The third kappa shape index (κ3) is 2.24. The van der Waals surface area contributed by atoms with Gasteiger partial charge in [-0.15, -0.1) is 0 Å². The number of halogens is 1. The minimum absolute atomic E-state index is 0.123. The molecule has 2 atom stereocenters. The highest BCUT2D eigenvalue weighted by Gasteiger charge is 2.23. The summed E-state index contributed by atoms with van der Waals surface area (Å²) in [5.74, 6) is -1.77. The van der Waals surface area contributed by atoms with Gasteiger partial charge in [-0.25, -0.2) is 4.98 Å². The molecule has 0 radical (unpaired) electrons. The van der Waals surface area contributed by atoms with Gasteiger partial charge in [0.2, 0.25) is 11.9 Å². The molecule has 1 aromatic rings. The molecule has 1 rings (SSSR count). The zero-order valence-corrected chi connectivity index (χ0v) is 7.09. The van der Waals surface area contributed by atoms with Crippen molar-refractivity contribution in [2.24, 2.45) is 5.73 Å². The van der Waals surface area contributed by atoms with Crippen LogP contribution >= 0.6 is 0 Å². The molecule has 1 aromatic heterocycles. The zero-order chi connectivity index (χ0) is 10.7. The zero-order valence-electron chi connectivity index (χ0n) is 7.09. The molecular formula is C8H9FN2O3. The summed E-state index contributed by atoms with van der Waals surface area (Å²) in [6.45, 7) is 0. The molecule has 0 bridgehead atoms. The number of amides is 1. The predicted molar refractivity (Wildman–Crippen MR) is 44.4 cm³/mol. The van der Waals surface area contributed by atoms with Crippen LogP contribution in [0.15, 0.2) is 18.3 Å². The summed E-state index contributed by atoms with van der Waals surface area (Å²) in [5.41, 5.74) is 4.88. The number of carbonyl (C=O) groups excluding carboxylic acids is 1. The highest BCUT2D eigenvalue weighted by molar-refractivity contribution is 5.79. The lowest BCUT2D eigenvalue weighted by molar-refractivity contribution is -0.131. The second-order valence-electron chi connectivity index (χ2n) is 2.71. The van der Waals surface area contributed by atoms with Gasteiger partial charge >= 0.3 is 0 Å². The van der Waals surface area contributed by atoms with E-state index in [2.05, 4.69) is 4.98 Å². The van der Waals surface area contributed by atoms with Crippen LogP contribution in [0.4, 0.5) is 4.39 Å². The lowest BCUT2D eigenvalue weighted by atomic mass is 10.1. The number of aromatic nitrogens is 1. The van der Waals surface area contributed by atoms with E-state index in [0.717, 1.165) is 12.3 Å². The second-order valence-corrected chi connectivity index (χ2v) is 2.71. The standard InChI is InChI=1S/C8H9FN2O3/c9-5-2-1-4(3-11-5)6(12)7(13)8(10)14/h1-3,6-7,12-13H,(H2,10,14). The Hall–Kier alpha value is -1.53. The van der Waals surface area contributed by atoms with Gasteiger partial charge < -0.3 is 15.9 Å². The fraction of sp³-hybridized carbons (Fsp3) is 0.250. The molecule has 0 saturated carbocycles. The Kier molecular flexibility index (Phi) is 3.10. The average molecular weight is 200 g/mol. The third-order valence-electron chi connectivity index (χ3n) is 1.68. The molecule has 0 aliphatic heterocycles. The molecule has 1 heterocycles. The Bertz CT molecular complexity index is 328. The Labute approximate surface area is 79.0 Å². The van der Waals surface area contributed by atoms with Crippen molar-refractivity contribution in [3.05, 3.63) is 29.8 Å². The quantitative estimate of drug-likeness (QED) is 0.551. The molecule has 6 heteroatoms. The Morgan fingerprint density at radius 1 is 1.50 bits per heavy atom. The molecule has 76 valence electrons. The number of carbonyl (C=O) groups is 1. The minimum atomic E-state index is -1.72. The maximum Gasteiger partial charge on any atom is 0.249 e. The molecule has 4 N–H and O–H groups in total. The Morgan fingerprint density at radius 2 is 2.14 bits per heavy atom. The van der Waals surface area contributed by atoms with Gasteiger partial charge in [0, 0.05) is 11.8 Å². The highest BCUT2D eigenvalue weighted by Crippen LogP contribution is 2.15. The fourth-order valence-electron chi connectivity index (χ4n) is 0.900. The summed E-state index contributed by atoms with van der Waals surface area (Å²) < 4.78 is 12.4. The van der Waals surface area contributed by atoms with E-state index in [1.165, 1.54) is 6.07 Å². The molecule has 14 heavy (non-hydrogen) atoms. The fourth-order valence-corrected chi connectivity index (χ4v) is 0.900. The van der Waals surface area contributed by atoms with Crippen LogP contribution in [0.5, 0.6) is 0 Å². The normalized spacial score (nSPS) is 14.8. The molecule has 5 nitrogen and oxygen atoms in total. The van der Waals surface area contributed by atoms with Crippen LogP contribution in [0, 0.1) is 5.95 Å². The largest absolute Gasteiger partial charge is 0.385 e. The topological polar surface area (TPSA) is 96.4 Å². The molecule has 0 aromatic carbocycles. The first-order valence-electron chi connectivity index (χ1n) is 3.79. The molecule has 1 amide bonds. The Balaban J connectivity index is 2.84. The van der Waals surface area contributed by atoms with Crippen molar-refractivity contribution in [2.75, 3.05) is 0 Å². The maximum atomic E-state index is 12.4. The van der Waals surface area contributed by atoms with Crippen molar-refractivity contribution in [2.45, 2.75) is 12.2 Å². The molecule has 0 aliphatic carbocycles. The summed E-state index contributed by atoms with van der Waals surface area (Å²) in [4.78, 5) is 13.8. The van der Waals surface area contributed by atoms with Gasteiger partial charge in [0.1, 0.15) is 6.10 Å². The van der Waals surface area contributed by atoms with Crippen LogP contribution in [0.2, 0.25) is 0 Å². The lowest BCUT2D eigenvalue weighted by Crippen LogP contribution is -2.33. The first-order valence-corrected chi connectivity index (χ1v) is 3.79. The summed E-state index contributed by atoms with van der Waals surface area (Å²) in [7, 11) is 0. The van der Waals surface area contributed by atoms with Crippen molar-refractivity contribution in [1.29, 1.82) is 0 Å². The predicted octanol–water partition coefficient (Wildman–Crippen LogP) is -0.900. The van der Waals surface area contributed by atoms with Crippen molar-refractivity contribution in [3.63, 3.8) is 0 Å². The number of primary amides is 1. The number of nitrogens with zero attached hydrogens (tertiary/aromatic N) is 1. The summed E-state index contributed by atoms with van der Waals surface area (Å²) in [5, 5.41) is 18.4. The maximum absolute atomic E-state index is 12.4. The third-order valence-corrected chi connectivity index (χ3v) is 1.68. The van der Waals surface area contributed by atoms with E-state index in [4.69, 9.17) is 10.8 Å². The minimum Gasteiger partial charge on any atom is -0.385 e. The number of nitrogens with two attached hydrogens (primary N) is 1. The van der Waals surface area contributed by atoms with E-state index < -0.39 is 24.1 Å². The van der Waals surface area contributed by atoms with Crippen LogP contribution in [0.1, 0.15) is 11.7 Å². The van der Waals surface area contributed by atoms with Gasteiger partial charge in [-0.2, -0.15) is 4.39 Å². The van der Waals surface area contributed by atoms with Gasteiger partial charge in [0.25, 0.3) is 0 Å². The van der Waals surface area contributed by atoms with Crippen molar-refractivity contribution in [3.8, 4) is 0 Å². The van der Waals surface area contributed by atoms with Crippen LogP contribution in [0.3, 0.4) is 0 Å². The SMILES string of the molecule is NC(=O)C(O)C(O)c1ccc(F)nc1. The molecule has 0 fully saturated rings. The van der Waals surface area contributed by atoms with Gasteiger partial charge in [-0.1, -0.05) is 6.07 Å². The number of aliphatic hydroxyl groups excluding tert-OH is 2. The monoisotopic (exact) mass is 200 g/mol. The Morgan fingerprint density at radius 3 is 2.57 bits per heavy atom. The summed E-state index contributed by atoms with van der Waals surface area (Å²) in [6, 6.07) is 2.21. The van der Waals surface area contributed by atoms with E-state index in [-0.39, 0.29) is 5.56 Å². The van der Waals surface area contributed by atoms with Crippen LogP contribution < -0.4 is 5.73 Å². The molecular weight excluding hydrogens is 191 g/mol. The lowest BCUT2D eigenvalue weighted by Gasteiger charge is -2.14. The molecule has 0 spiro atoms. The van der Waals surface area contributed by atoms with Crippen LogP contribution in [-0.4, -0.2) is 27.2 Å².